The Balaban J connectivity index is 2.18. The summed E-state index contributed by atoms with van der Waals surface area (Å²) >= 11 is 0. The molecule has 3 aromatic carbocycles. The van der Waals surface area contributed by atoms with Crippen LogP contribution in [-0.4, -0.2) is 25.3 Å². The largest absolute Gasteiger partial charge is 0.497 e. The van der Waals surface area contributed by atoms with E-state index in [4.69, 9.17) is 9.47 Å². The molecule has 0 spiro atoms. The maximum atomic E-state index is 11.6. The maximum absolute atomic E-state index is 11.6. The number of aromatic carboxylic acids is 1. The molecule has 0 aromatic heterocycles. The fraction of sp³-hybridized carbons (Fsp3) is 0.136. The highest BCUT2D eigenvalue weighted by atomic mass is 16.5. The highest BCUT2D eigenvalue weighted by Gasteiger charge is 2.13. The number of carboxylic acid groups (broad SMARTS) is 1. The van der Waals surface area contributed by atoms with E-state index in [9.17, 15) is 9.90 Å². The van der Waals surface area contributed by atoms with Gasteiger partial charge in [0.2, 0.25) is 0 Å². The van der Waals surface area contributed by atoms with Crippen LogP contribution in [0.4, 0.5) is 0 Å². The summed E-state index contributed by atoms with van der Waals surface area (Å²) in [5, 5.41) is 9.53. The first-order valence-corrected chi connectivity index (χ1v) is 8.19. The van der Waals surface area contributed by atoms with Gasteiger partial charge in [0, 0.05) is 11.6 Å². The fourth-order valence-electron chi connectivity index (χ4n) is 2.86. The van der Waals surface area contributed by atoms with Crippen molar-refractivity contribution < 1.29 is 19.4 Å². The second kappa shape index (κ2) is 7.31. The maximum Gasteiger partial charge on any atom is 0.335 e. The van der Waals surface area contributed by atoms with Crippen molar-refractivity contribution in [2.45, 2.75) is 6.92 Å². The molecular weight excluding hydrogens is 328 g/mol. The van der Waals surface area contributed by atoms with Crippen LogP contribution >= 0.6 is 0 Å². The van der Waals surface area contributed by atoms with Crippen LogP contribution in [0.3, 0.4) is 0 Å². The number of carboxylic acids is 1. The highest BCUT2D eigenvalue weighted by Crippen LogP contribution is 2.36. The Kier molecular flexibility index (Phi) is 4.94. The Morgan fingerprint density at radius 3 is 2.12 bits per heavy atom. The van der Waals surface area contributed by atoms with Gasteiger partial charge in [-0.2, -0.15) is 0 Å². The number of carbonyl (C=O) groups is 1. The molecule has 3 aromatic rings. The van der Waals surface area contributed by atoms with E-state index in [-0.39, 0.29) is 5.56 Å². The van der Waals surface area contributed by atoms with Gasteiger partial charge in [-0.3, -0.25) is 0 Å². The molecule has 0 saturated heterocycles. The van der Waals surface area contributed by atoms with Crippen LogP contribution in [-0.2, 0) is 0 Å². The van der Waals surface area contributed by atoms with E-state index in [1.54, 1.807) is 32.4 Å². The van der Waals surface area contributed by atoms with Gasteiger partial charge in [-0.1, -0.05) is 29.8 Å². The number of hydrogen-bond donors (Lipinski definition) is 1. The van der Waals surface area contributed by atoms with E-state index in [0.717, 1.165) is 27.8 Å². The van der Waals surface area contributed by atoms with Gasteiger partial charge in [-0.15, -0.1) is 0 Å². The van der Waals surface area contributed by atoms with Gasteiger partial charge in [-0.25, -0.2) is 4.79 Å². The Labute approximate surface area is 152 Å². The summed E-state index contributed by atoms with van der Waals surface area (Å²) in [5.41, 5.74) is 4.78. The average molecular weight is 348 g/mol. The van der Waals surface area contributed by atoms with Crippen molar-refractivity contribution in [2.24, 2.45) is 0 Å². The molecule has 4 nitrogen and oxygen atoms in total. The number of methoxy groups -OCH3 is 2. The lowest BCUT2D eigenvalue weighted by Gasteiger charge is -2.13. The second-order valence-corrected chi connectivity index (χ2v) is 6.04. The molecule has 0 fully saturated rings. The van der Waals surface area contributed by atoms with Crippen molar-refractivity contribution in [3.63, 3.8) is 0 Å². The molecule has 0 heterocycles. The van der Waals surface area contributed by atoms with Crippen LogP contribution in [0.25, 0.3) is 22.3 Å². The Bertz CT molecular complexity index is 943. The Hall–Kier alpha value is -3.27. The smallest absolute Gasteiger partial charge is 0.335 e. The van der Waals surface area contributed by atoms with Crippen molar-refractivity contribution >= 4 is 5.97 Å². The number of aryl methyl sites for hydroxylation is 1. The zero-order chi connectivity index (χ0) is 18.7. The van der Waals surface area contributed by atoms with E-state index in [2.05, 4.69) is 0 Å². The lowest BCUT2D eigenvalue weighted by atomic mass is 9.95. The van der Waals surface area contributed by atoms with Gasteiger partial charge in [0.25, 0.3) is 0 Å². The molecule has 0 unspecified atom stereocenters. The summed E-state index contributed by atoms with van der Waals surface area (Å²) in [7, 11) is 3.18. The van der Waals surface area contributed by atoms with Crippen LogP contribution in [0.2, 0.25) is 0 Å². The van der Waals surface area contributed by atoms with Crippen LogP contribution in [0.5, 0.6) is 11.5 Å². The van der Waals surface area contributed by atoms with Gasteiger partial charge >= 0.3 is 5.97 Å². The molecule has 132 valence electrons. The van der Waals surface area contributed by atoms with Crippen molar-refractivity contribution in [1.82, 2.24) is 0 Å². The summed E-state index contributed by atoms with van der Waals surface area (Å²) in [6, 6.07) is 18.8. The summed E-state index contributed by atoms with van der Waals surface area (Å²) in [6.45, 7) is 2.02. The van der Waals surface area contributed by atoms with Crippen molar-refractivity contribution in [1.29, 1.82) is 0 Å². The fourth-order valence-corrected chi connectivity index (χ4v) is 2.86. The number of benzene rings is 3. The highest BCUT2D eigenvalue weighted by molar-refractivity contribution is 5.92. The van der Waals surface area contributed by atoms with E-state index < -0.39 is 5.97 Å². The van der Waals surface area contributed by atoms with Gasteiger partial charge in [-0.05, 0) is 53.9 Å². The minimum Gasteiger partial charge on any atom is -0.497 e. The SMILES string of the molecule is COc1ccc(-c2cc(C(=O)O)cc(-c3ccc(C)cc3)c2)c(OC)c1. The average Bonchev–Trinajstić information content (AvgIpc) is 2.67. The molecule has 0 saturated carbocycles. The first-order valence-electron chi connectivity index (χ1n) is 8.19. The topological polar surface area (TPSA) is 55.8 Å². The molecule has 0 bridgehead atoms. The zero-order valence-electron chi connectivity index (χ0n) is 14.9. The first-order chi connectivity index (χ1) is 12.5. The molecule has 26 heavy (non-hydrogen) atoms. The quantitative estimate of drug-likeness (QED) is 0.701. The zero-order valence-corrected chi connectivity index (χ0v) is 14.9. The van der Waals surface area contributed by atoms with Crippen LogP contribution < -0.4 is 9.47 Å². The normalized spacial score (nSPS) is 10.4. The number of hydrogen-bond acceptors (Lipinski definition) is 3. The van der Waals surface area contributed by atoms with E-state index in [1.807, 2.05) is 49.4 Å². The molecule has 0 atom stereocenters. The predicted molar refractivity (Wildman–Crippen MR) is 102 cm³/mol. The van der Waals surface area contributed by atoms with Crippen molar-refractivity contribution in [2.75, 3.05) is 14.2 Å². The number of ether oxygens (including phenoxy) is 2. The van der Waals surface area contributed by atoms with E-state index in [1.165, 1.54) is 0 Å². The minimum absolute atomic E-state index is 0.232. The van der Waals surface area contributed by atoms with E-state index >= 15 is 0 Å². The summed E-state index contributed by atoms with van der Waals surface area (Å²) in [5.74, 6) is 0.341. The standard InChI is InChI=1S/C22H20O4/c1-14-4-6-15(7-5-14)16-10-17(12-18(11-16)22(23)24)20-9-8-19(25-2)13-21(20)26-3/h4-13H,1-3H3,(H,23,24). The molecule has 0 radical (unpaired) electrons. The molecule has 1 N–H and O–H groups in total. The van der Waals surface area contributed by atoms with Crippen LogP contribution in [0.1, 0.15) is 15.9 Å². The third kappa shape index (κ3) is 3.54. The lowest BCUT2D eigenvalue weighted by Crippen LogP contribution is -1.98. The molecular formula is C22H20O4. The van der Waals surface area contributed by atoms with Crippen LogP contribution in [0, 0.1) is 6.92 Å². The Morgan fingerprint density at radius 2 is 1.50 bits per heavy atom. The molecule has 3 rings (SSSR count). The third-order valence-corrected chi connectivity index (χ3v) is 4.28. The van der Waals surface area contributed by atoms with Crippen molar-refractivity contribution in [3.8, 4) is 33.8 Å². The summed E-state index contributed by atoms with van der Waals surface area (Å²) < 4.78 is 10.7. The summed E-state index contributed by atoms with van der Waals surface area (Å²) in [6.07, 6.45) is 0. The van der Waals surface area contributed by atoms with Gasteiger partial charge in [0.05, 0.1) is 19.8 Å². The second-order valence-electron chi connectivity index (χ2n) is 6.04. The molecule has 0 aliphatic carbocycles. The van der Waals surface area contributed by atoms with Crippen LogP contribution in [0.15, 0.2) is 60.7 Å². The summed E-state index contributed by atoms with van der Waals surface area (Å²) in [4.78, 5) is 11.6. The van der Waals surface area contributed by atoms with Crippen molar-refractivity contribution in [3.05, 3.63) is 71.8 Å². The molecule has 0 amide bonds. The molecule has 0 aliphatic rings. The monoisotopic (exact) mass is 348 g/mol. The number of rotatable bonds is 5. The van der Waals surface area contributed by atoms with E-state index in [0.29, 0.717) is 11.5 Å². The first kappa shape index (κ1) is 17.5. The third-order valence-electron chi connectivity index (χ3n) is 4.28. The molecule has 0 aliphatic heterocycles. The predicted octanol–water partition coefficient (Wildman–Crippen LogP) is 5.04. The Morgan fingerprint density at radius 1 is 0.808 bits per heavy atom. The van der Waals surface area contributed by atoms with Gasteiger partial charge in [0.1, 0.15) is 11.5 Å². The minimum atomic E-state index is -0.965. The lowest BCUT2D eigenvalue weighted by molar-refractivity contribution is 0.0697. The van der Waals surface area contributed by atoms with Gasteiger partial charge < -0.3 is 14.6 Å². The van der Waals surface area contributed by atoms with Gasteiger partial charge in [0.15, 0.2) is 0 Å². The molecule has 4 heteroatoms.